The smallest absolute Gasteiger partial charge is 0.132 e. The number of nitrogen functional groups attached to an aromatic ring is 1. The molecule has 0 saturated heterocycles. The SMILES string of the molecule is CCc1cc2c(F)ccc(C)c2nc1N. The van der Waals surface area contributed by atoms with Crippen LogP contribution in [-0.4, -0.2) is 4.98 Å². The number of nitrogens with zero attached hydrogens (tertiary/aromatic N) is 1. The van der Waals surface area contributed by atoms with Crippen molar-refractivity contribution in [3.63, 3.8) is 0 Å². The molecule has 2 nitrogen and oxygen atoms in total. The van der Waals surface area contributed by atoms with Crippen LogP contribution in [-0.2, 0) is 6.42 Å². The van der Waals surface area contributed by atoms with Crippen molar-refractivity contribution in [1.29, 1.82) is 0 Å². The van der Waals surface area contributed by atoms with E-state index in [0.717, 1.165) is 17.5 Å². The Bertz CT molecular complexity index is 521. The van der Waals surface area contributed by atoms with Crippen molar-refractivity contribution in [1.82, 2.24) is 4.98 Å². The van der Waals surface area contributed by atoms with Crippen LogP contribution in [0.3, 0.4) is 0 Å². The molecule has 0 radical (unpaired) electrons. The molecule has 1 heterocycles. The van der Waals surface area contributed by atoms with Crippen molar-refractivity contribution in [3.8, 4) is 0 Å². The topological polar surface area (TPSA) is 38.9 Å². The van der Waals surface area contributed by atoms with E-state index in [1.165, 1.54) is 6.07 Å². The fraction of sp³-hybridized carbons (Fsp3) is 0.250. The maximum absolute atomic E-state index is 13.5. The molecule has 0 spiro atoms. The van der Waals surface area contributed by atoms with Gasteiger partial charge in [0.1, 0.15) is 11.6 Å². The quantitative estimate of drug-likeness (QED) is 0.775. The summed E-state index contributed by atoms with van der Waals surface area (Å²) in [5.41, 5.74) is 8.28. The van der Waals surface area contributed by atoms with Gasteiger partial charge in [-0.15, -0.1) is 0 Å². The van der Waals surface area contributed by atoms with Gasteiger partial charge in [0.2, 0.25) is 0 Å². The molecule has 1 aromatic carbocycles. The molecule has 0 fully saturated rings. The normalized spacial score (nSPS) is 10.9. The first kappa shape index (κ1) is 9.90. The zero-order chi connectivity index (χ0) is 11.0. The second-order valence-corrected chi connectivity index (χ2v) is 3.65. The molecule has 0 bridgehead atoms. The molecular weight excluding hydrogens is 191 g/mol. The number of fused-ring (bicyclic) bond motifs is 1. The molecule has 0 aliphatic rings. The summed E-state index contributed by atoms with van der Waals surface area (Å²) in [6, 6.07) is 4.98. The van der Waals surface area contributed by atoms with Crippen LogP contribution in [0, 0.1) is 12.7 Å². The third kappa shape index (κ3) is 1.54. The van der Waals surface area contributed by atoms with Gasteiger partial charge in [0.25, 0.3) is 0 Å². The number of pyridine rings is 1. The Morgan fingerprint density at radius 3 is 2.80 bits per heavy atom. The molecule has 1 aromatic heterocycles. The molecule has 3 heteroatoms. The lowest BCUT2D eigenvalue weighted by molar-refractivity contribution is 0.639. The highest BCUT2D eigenvalue weighted by Gasteiger charge is 2.08. The predicted molar refractivity (Wildman–Crippen MR) is 60.2 cm³/mol. The predicted octanol–water partition coefficient (Wildman–Crippen LogP) is 2.83. The fourth-order valence-corrected chi connectivity index (χ4v) is 1.70. The first-order chi connectivity index (χ1) is 7.13. The van der Waals surface area contributed by atoms with Gasteiger partial charge in [-0.3, -0.25) is 0 Å². The average molecular weight is 204 g/mol. The molecule has 0 unspecified atom stereocenters. The maximum Gasteiger partial charge on any atom is 0.132 e. The lowest BCUT2D eigenvalue weighted by atomic mass is 10.1. The van der Waals surface area contributed by atoms with Crippen LogP contribution in [0.1, 0.15) is 18.1 Å². The fourth-order valence-electron chi connectivity index (χ4n) is 1.70. The highest BCUT2D eigenvalue weighted by Crippen LogP contribution is 2.23. The van der Waals surface area contributed by atoms with Gasteiger partial charge in [0, 0.05) is 5.39 Å². The van der Waals surface area contributed by atoms with Crippen molar-refractivity contribution < 1.29 is 4.39 Å². The van der Waals surface area contributed by atoms with Gasteiger partial charge in [-0.25, -0.2) is 9.37 Å². The van der Waals surface area contributed by atoms with E-state index < -0.39 is 0 Å². The molecule has 15 heavy (non-hydrogen) atoms. The lowest BCUT2D eigenvalue weighted by Crippen LogP contribution is -1.99. The van der Waals surface area contributed by atoms with E-state index in [2.05, 4.69) is 4.98 Å². The van der Waals surface area contributed by atoms with Gasteiger partial charge in [0.15, 0.2) is 0 Å². The second-order valence-electron chi connectivity index (χ2n) is 3.65. The Kier molecular flexibility index (Phi) is 2.31. The summed E-state index contributed by atoms with van der Waals surface area (Å²) >= 11 is 0. The van der Waals surface area contributed by atoms with E-state index in [-0.39, 0.29) is 5.82 Å². The Labute approximate surface area is 87.9 Å². The molecular formula is C12H13FN2. The average Bonchev–Trinajstić information content (AvgIpc) is 2.23. The highest BCUT2D eigenvalue weighted by atomic mass is 19.1. The highest BCUT2D eigenvalue weighted by molar-refractivity contribution is 5.84. The number of anilines is 1. The molecule has 2 N–H and O–H groups in total. The maximum atomic E-state index is 13.5. The van der Waals surface area contributed by atoms with E-state index in [1.807, 2.05) is 13.8 Å². The third-order valence-electron chi connectivity index (χ3n) is 2.63. The summed E-state index contributed by atoms with van der Waals surface area (Å²) < 4.78 is 13.5. The molecule has 0 aliphatic carbocycles. The van der Waals surface area contributed by atoms with Gasteiger partial charge < -0.3 is 5.73 Å². The van der Waals surface area contributed by atoms with Crippen molar-refractivity contribution in [2.45, 2.75) is 20.3 Å². The zero-order valence-electron chi connectivity index (χ0n) is 8.84. The van der Waals surface area contributed by atoms with E-state index in [4.69, 9.17) is 5.73 Å². The summed E-state index contributed by atoms with van der Waals surface area (Å²) in [6.45, 7) is 3.88. The molecule has 0 saturated carbocycles. The van der Waals surface area contributed by atoms with Crippen LogP contribution < -0.4 is 5.73 Å². The van der Waals surface area contributed by atoms with Gasteiger partial charge >= 0.3 is 0 Å². The molecule has 2 rings (SSSR count). The first-order valence-corrected chi connectivity index (χ1v) is 4.97. The number of rotatable bonds is 1. The Morgan fingerprint density at radius 2 is 2.13 bits per heavy atom. The monoisotopic (exact) mass is 204 g/mol. The second kappa shape index (κ2) is 3.50. The first-order valence-electron chi connectivity index (χ1n) is 4.97. The molecule has 0 atom stereocenters. The molecule has 0 amide bonds. The molecule has 0 aliphatic heterocycles. The van der Waals surface area contributed by atoms with E-state index in [1.54, 1.807) is 12.1 Å². The van der Waals surface area contributed by atoms with Gasteiger partial charge in [-0.05, 0) is 36.6 Å². The molecule has 78 valence electrons. The number of aromatic nitrogens is 1. The summed E-state index contributed by atoms with van der Waals surface area (Å²) in [5, 5.41) is 0.557. The van der Waals surface area contributed by atoms with Crippen LogP contribution >= 0.6 is 0 Å². The molecule has 2 aromatic rings. The Morgan fingerprint density at radius 1 is 1.40 bits per heavy atom. The minimum atomic E-state index is -0.238. The van der Waals surface area contributed by atoms with Crippen molar-refractivity contribution in [3.05, 3.63) is 35.1 Å². The number of hydrogen-bond acceptors (Lipinski definition) is 2. The summed E-state index contributed by atoms with van der Waals surface area (Å²) in [7, 11) is 0. The number of hydrogen-bond donors (Lipinski definition) is 1. The minimum Gasteiger partial charge on any atom is -0.383 e. The van der Waals surface area contributed by atoms with Gasteiger partial charge in [-0.2, -0.15) is 0 Å². The van der Waals surface area contributed by atoms with Crippen LogP contribution in [0.15, 0.2) is 18.2 Å². The number of benzene rings is 1. The standard InChI is InChI=1S/C12H13FN2/c1-3-8-6-9-10(13)5-4-7(2)11(9)15-12(8)14/h4-6H,3H2,1-2H3,(H2,14,15). The van der Waals surface area contributed by atoms with Crippen molar-refractivity contribution >= 4 is 16.7 Å². The van der Waals surface area contributed by atoms with Crippen LogP contribution in [0.25, 0.3) is 10.9 Å². The van der Waals surface area contributed by atoms with Crippen molar-refractivity contribution in [2.24, 2.45) is 0 Å². The summed E-state index contributed by atoms with van der Waals surface area (Å²) in [6.07, 6.45) is 0.766. The summed E-state index contributed by atoms with van der Waals surface area (Å²) in [5.74, 6) is 0.261. The van der Waals surface area contributed by atoms with Gasteiger partial charge in [-0.1, -0.05) is 13.0 Å². The van der Waals surface area contributed by atoms with E-state index in [9.17, 15) is 4.39 Å². The third-order valence-corrected chi connectivity index (χ3v) is 2.63. The largest absolute Gasteiger partial charge is 0.383 e. The minimum absolute atomic E-state index is 0.238. The van der Waals surface area contributed by atoms with Crippen LogP contribution in [0.2, 0.25) is 0 Å². The van der Waals surface area contributed by atoms with E-state index in [0.29, 0.717) is 16.7 Å². The number of nitrogens with two attached hydrogens (primary N) is 1. The Balaban J connectivity index is 2.86. The van der Waals surface area contributed by atoms with E-state index >= 15 is 0 Å². The number of halogens is 1. The summed E-state index contributed by atoms with van der Waals surface area (Å²) in [4.78, 5) is 4.24. The van der Waals surface area contributed by atoms with Gasteiger partial charge in [0.05, 0.1) is 5.52 Å². The number of aryl methyl sites for hydroxylation is 2. The van der Waals surface area contributed by atoms with Crippen molar-refractivity contribution in [2.75, 3.05) is 5.73 Å². The Hall–Kier alpha value is -1.64. The lowest BCUT2D eigenvalue weighted by Gasteiger charge is -2.07. The zero-order valence-corrected chi connectivity index (χ0v) is 8.84. The van der Waals surface area contributed by atoms with Crippen LogP contribution in [0.4, 0.5) is 10.2 Å². The van der Waals surface area contributed by atoms with Crippen LogP contribution in [0.5, 0.6) is 0 Å².